The molecule has 0 aliphatic heterocycles. The Kier molecular flexibility index (Phi) is 4.24. The summed E-state index contributed by atoms with van der Waals surface area (Å²) in [5, 5.41) is 3.41. The molecule has 2 rings (SSSR count). The van der Waals surface area contributed by atoms with Gasteiger partial charge in [-0.05, 0) is 71.5 Å². The van der Waals surface area contributed by atoms with Gasteiger partial charge in [0.25, 0.3) is 5.91 Å². The number of aryl methyl sites for hydroxylation is 1. The molecule has 0 saturated carbocycles. The molecule has 0 heterocycles. The van der Waals surface area contributed by atoms with E-state index in [0.717, 1.165) is 11.3 Å². The minimum absolute atomic E-state index is 0.155. The van der Waals surface area contributed by atoms with Crippen LogP contribution in [0.3, 0.4) is 0 Å². The second kappa shape index (κ2) is 5.71. The zero-order valence-electron chi connectivity index (χ0n) is 9.71. The fraction of sp³-hybridized carbons (Fsp3) is 0.0714. The Labute approximate surface area is 124 Å². The molecule has 0 bridgehead atoms. The van der Waals surface area contributed by atoms with E-state index in [4.69, 9.17) is 11.6 Å². The summed E-state index contributed by atoms with van der Waals surface area (Å²) >= 11 is 8.12. The first-order chi connectivity index (χ1) is 8.56. The van der Waals surface area contributed by atoms with Gasteiger partial charge >= 0.3 is 0 Å². The molecule has 0 aliphatic rings. The van der Waals surface area contributed by atoms with E-state index in [-0.39, 0.29) is 5.91 Å². The Morgan fingerprint density at radius 2 is 2.00 bits per heavy atom. The monoisotopic (exact) mass is 371 g/mol. The quantitative estimate of drug-likeness (QED) is 0.774. The van der Waals surface area contributed by atoms with Crippen molar-refractivity contribution in [3.63, 3.8) is 0 Å². The summed E-state index contributed by atoms with van der Waals surface area (Å²) in [6.07, 6.45) is 0. The molecule has 2 nitrogen and oxygen atoms in total. The Morgan fingerprint density at radius 1 is 1.22 bits per heavy atom. The summed E-state index contributed by atoms with van der Waals surface area (Å²) in [6, 6.07) is 12.7. The molecule has 0 saturated heterocycles. The number of hydrogen-bond donors (Lipinski definition) is 1. The van der Waals surface area contributed by atoms with Crippen molar-refractivity contribution in [2.45, 2.75) is 6.92 Å². The van der Waals surface area contributed by atoms with Crippen molar-refractivity contribution in [2.24, 2.45) is 0 Å². The van der Waals surface area contributed by atoms with Crippen LogP contribution in [0.25, 0.3) is 0 Å². The largest absolute Gasteiger partial charge is 0.322 e. The van der Waals surface area contributed by atoms with Gasteiger partial charge in [0.05, 0.1) is 0 Å². The Balaban J connectivity index is 2.18. The maximum atomic E-state index is 12.0. The van der Waals surface area contributed by atoms with Crippen molar-refractivity contribution in [3.8, 4) is 0 Å². The van der Waals surface area contributed by atoms with E-state index < -0.39 is 0 Å². The number of amides is 1. The number of rotatable bonds is 2. The van der Waals surface area contributed by atoms with Crippen LogP contribution in [-0.2, 0) is 0 Å². The van der Waals surface area contributed by atoms with E-state index >= 15 is 0 Å². The predicted octanol–water partition coefficient (Wildman–Crippen LogP) is 4.51. The first-order valence-corrected chi connectivity index (χ1v) is 6.85. The predicted molar refractivity (Wildman–Crippen MR) is 83.3 cm³/mol. The van der Waals surface area contributed by atoms with Crippen molar-refractivity contribution in [3.05, 3.63) is 62.2 Å². The van der Waals surface area contributed by atoms with Crippen molar-refractivity contribution in [1.29, 1.82) is 0 Å². The topological polar surface area (TPSA) is 29.1 Å². The van der Waals surface area contributed by atoms with E-state index in [1.54, 1.807) is 24.3 Å². The molecule has 1 N–H and O–H groups in total. The minimum Gasteiger partial charge on any atom is -0.322 e. The van der Waals surface area contributed by atoms with E-state index in [1.165, 1.54) is 3.57 Å². The normalized spacial score (nSPS) is 10.2. The van der Waals surface area contributed by atoms with Crippen LogP contribution >= 0.6 is 34.2 Å². The molecule has 2 aromatic rings. The van der Waals surface area contributed by atoms with E-state index in [0.29, 0.717) is 10.6 Å². The van der Waals surface area contributed by atoms with E-state index in [1.807, 2.05) is 25.1 Å². The molecule has 0 fully saturated rings. The molecule has 2 aromatic carbocycles. The first-order valence-electron chi connectivity index (χ1n) is 5.39. The maximum absolute atomic E-state index is 12.0. The van der Waals surface area contributed by atoms with Crippen molar-refractivity contribution >= 4 is 45.8 Å². The Hall–Kier alpha value is -1.07. The smallest absolute Gasteiger partial charge is 0.255 e. The van der Waals surface area contributed by atoms with Gasteiger partial charge in [-0.25, -0.2) is 0 Å². The first kappa shape index (κ1) is 13.4. The van der Waals surface area contributed by atoms with Crippen LogP contribution in [0.2, 0.25) is 5.02 Å². The SMILES string of the molecule is Cc1cc(NC(=O)c2cccc(Cl)c2)ccc1I. The average Bonchev–Trinajstić information content (AvgIpc) is 2.34. The van der Waals surface area contributed by atoms with Crippen LogP contribution in [0.15, 0.2) is 42.5 Å². The van der Waals surface area contributed by atoms with Gasteiger partial charge in [0.1, 0.15) is 0 Å². The summed E-state index contributed by atoms with van der Waals surface area (Å²) in [6.45, 7) is 2.01. The van der Waals surface area contributed by atoms with E-state index in [9.17, 15) is 4.79 Å². The number of anilines is 1. The summed E-state index contributed by atoms with van der Waals surface area (Å²) in [5.41, 5.74) is 2.48. The van der Waals surface area contributed by atoms with Gasteiger partial charge in [-0.3, -0.25) is 4.79 Å². The third kappa shape index (κ3) is 3.23. The molecule has 18 heavy (non-hydrogen) atoms. The molecule has 0 unspecified atom stereocenters. The lowest BCUT2D eigenvalue weighted by Gasteiger charge is -2.07. The highest BCUT2D eigenvalue weighted by Gasteiger charge is 2.07. The van der Waals surface area contributed by atoms with Crippen LogP contribution in [0.4, 0.5) is 5.69 Å². The fourth-order valence-corrected chi connectivity index (χ4v) is 2.08. The number of hydrogen-bond acceptors (Lipinski definition) is 1. The van der Waals surface area contributed by atoms with Gasteiger partial charge in [0.2, 0.25) is 0 Å². The van der Waals surface area contributed by atoms with Gasteiger partial charge in [-0.15, -0.1) is 0 Å². The summed E-state index contributed by atoms with van der Waals surface area (Å²) in [4.78, 5) is 12.0. The average molecular weight is 372 g/mol. The number of carbonyl (C=O) groups is 1. The third-order valence-electron chi connectivity index (χ3n) is 2.50. The van der Waals surface area contributed by atoms with Crippen molar-refractivity contribution in [2.75, 3.05) is 5.32 Å². The van der Waals surface area contributed by atoms with Gasteiger partial charge in [-0.1, -0.05) is 17.7 Å². The highest BCUT2D eigenvalue weighted by Crippen LogP contribution is 2.18. The number of nitrogens with one attached hydrogen (secondary N) is 1. The third-order valence-corrected chi connectivity index (χ3v) is 3.95. The van der Waals surface area contributed by atoms with Crippen LogP contribution in [0.1, 0.15) is 15.9 Å². The van der Waals surface area contributed by atoms with Gasteiger partial charge in [0.15, 0.2) is 0 Å². The number of carbonyl (C=O) groups excluding carboxylic acids is 1. The molecular weight excluding hydrogens is 361 g/mol. The summed E-state index contributed by atoms with van der Waals surface area (Å²) < 4.78 is 1.17. The molecule has 0 aliphatic carbocycles. The molecular formula is C14H11ClINO. The molecule has 1 amide bonds. The highest BCUT2D eigenvalue weighted by atomic mass is 127. The van der Waals surface area contributed by atoms with Crippen LogP contribution in [0.5, 0.6) is 0 Å². The van der Waals surface area contributed by atoms with Gasteiger partial charge < -0.3 is 5.32 Å². The second-order valence-corrected chi connectivity index (χ2v) is 5.53. The zero-order chi connectivity index (χ0) is 13.1. The molecule has 0 atom stereocenters. The standard InChI is InChI=1S/C14H11ClINO/c1-9-7-12(5-6-13(9)16)17-14(18)10-3-2-4-11(15)8-10/h2-8H,1H3,(H,17,18). The lowest BCUT2D eigenvalue weighted by molar-refractivity contribution is 0.102. The summed E-state index contributed by atoms with van der Waals surface area (Å²) in [5.74, 6) is -0.155. The molecule has 0 spiro atoms. The zero-order valence-corrected chi connectivity index (χ0v) is 12.6. The Morgan fingerprint density at radius 3 is 2.67 bits per heavy atom. The van der Waals surface area contributed by atoms with Crippen molar-refractivity contribution in [1.82, 2.24) is 0 Å². The van der Waals surface area contributed by atoms with Crippen molar-refractivity contribution < 1.29 is 4.79 Å². The van der Waals surface area contributed by atoms with Crippen LogP contribution < -0.4 is 5.32 Å². The maximum Gasteiger partial charge on any atom is 0.255 e. The fourth-order valence-electron chi connectivity index (χ4n) is 1.56. The highest BCUT2D eigenvalue weighted by molar-refractivity contribution is 14.1. The van der Waals surface area contributed by atoms with E-state index in [2.05, 4.69) is 27.9 Å². The molecule has 4 heteroatoms. The second-order valence-electron chi connectivity index (χ2n) is 3.93. The minimum atomic E-state index is -0.155. The lowest BCUT2D eigenvalue weighted by Crippen LogP contribution is -2.11. The van der Waals surface area contributed by atoms with Crippen LogP contribution in [0, 0.1) is 10.5 Å². The van der Waals surface area contributed by atoms with Gasteiger partial charge in [-0.2, -0.15) is 0 Å². The lowest BCUT2D eigenvalue weighted by atomic mass is 10.2. The molecule has 0 aromatic heterocycles. The molecule has 92 valence electrons. The van der Waals surface area contributed by atoms with Crippen LogP contribution in [-0.4, -0.2) is 5.91 Å². The Bertz CT molecular complexity index is 598. The number of benzene rings is 2. The summed E-state index contributed by atoms with van der Waals surface area (Å²) in [7, 11) is 0. The van der Waals surface area contributed by atoms with Gasteiger partial charge in [0, 0.05) is 19.8 Å². The number of halogens is 2. The molecule has 0 radical (unpaired) electrons.